The summed E-state index contributed by atoms with van der Waals surface area (Å²) in [4.78, 5) is 15.5. The molecule has 0 fully saturated rings. The third kappa shape index (κ3) is 10.0. The summed E-state index contributed by atoms with van der Waals surface area (Å²) in [6.07, 6.45) is 0.845. The van der Waals surface area contributed by atoms with Crippen LogP contribution in [0.2, 0.25) is 0 Å². The van der Waals surface area contributed by atoms with Gasteiger partial charge in [-0.2, -0.15) is 0 Å². The van der Waals surface area contributed by atoms with Crippen molar-refractivity contribution in [2.75, 3.05) is 32.7 Å². The number of nitrogens with one attached hydrogen (secondary N) is 3. The number of halogens is 1. The van der Waals surface area contributed by atoms with E-state index in [0.717, 1.165) is 34.5 Å². The largest absolute Gasteiger partial charge is 0.493 e. The van der Waals surface area contributed by atoms with E-state index in [1.54, 1.807) is 14.2 Å². The van der Waals surface area contributed by atoms with Gasteiger partial charge in [-0.15, -0.1) is 24.0 Å². The van der Waals surface area contributed by atoms with Crippen molar-refractivity contribution in [3.63, 3.8) is 0 Å². The highest BCUT2D eigenvalue weighted by atomic mass is 127. The number of methoxy groups -OCH3 is 1. The number of anilines is 1. The summed E-state index contributed by atoms with van der Waals surface area (Å²) in [5.41, 5.74) is 4.04. The van der Waals surface area contributed by atoms with Crippen LogP contribution in [0.15, 0.2) is 47.5 Å². The Hall–Kier alpha value is -2.33. The number of aryl methyl sites for hydroxylation is 1. The van der Waals surface area contributed by atoms with E-state index >= 15 is 0 Å². The van der Waals surface area contributed by atoms with Crippen LogP contribution in [0.1, 0.15) is 30.0 Å². The number of benzene rings is 2. The van der Waals surface area contributed by atoms with Crippen molar-refractivity contribution in [2.45, 2.75) is 33.4 Å². The van der Waals surface area contributed by atoms with Crippen LogP contribution in [0.4, 0.5) is 5.69 Å². The van der Waals surface area contributed by atoms with Gasteiger partial charge in [-0.1, -0.05) is 24.3 Å². The molecule has 0 aliphatic carbocycles. The smallest absolute Gasteiger partial charge is 0.221 e. The number of rotatable bonds is 10. The Morgan fingerprint density at radius 1 is 1.06 bits per heavy atom. The Bertz CT molecular complexity index is 858. The van der Waals surface area contributed by atoms with E-state index in [0.29, 0.717) is 32.3 Å². The molecule has 2 rings (SSSR count). The first-order chi connectivity index (χ1) is 14.5. The predicted molar refractivity (Wildman–Crippen MR) is 136 cm³/mol. The molecular formula is C23H33IN4O3. The summed E-state index contributed by atoms with van der Waals surface area (Å²) in [6.45, 7) is 6.01. The predicted octanol–water partition coefficient (Wildman–Crippen LogP) is 3.85. The van der Waals surface area contributed by atoms with Crippen LogP contribution >= 0.6 is 24.0 Å². The second kappa shape index (κ2) is 14.6. The Morgan fingerprint density at radius 2 is 1.84 bits per heavy atom. The SMILES string of the molecule is CN=C(NCc1cccc(NC(C)=O)c1)NCc1ccc(C)cc1OCCCOC.I. The van der Waals surface area contributed by atoms with Crippen LogP contribution in [0.5, 0.6) is 5.75 Å². The number of nitrogens with zero attached hydrogens (tertiary/aromatic N) is 1. The van der Waals surface area contributed by atoms with Crippen LogP contribution in [-0.2, 0) is 22.6 Å². The van der Waals surface area contributed by atoms with Gasteiger partial charge in [0.1, 0.15) is 5.75 Å². The topological polar surface area (TPSA) is 84.0 Å². The summed E-state index contributed by atoms with van der Waals surface area (Å²) >= 11 is 0. The fraction of sp³-hybridized carbons (Fsp3) is 0.391. The third-order valence-electron chi connectivity index (χ3n) is 4.35. The molecule has 2 aromatic carbocycles. The lowest BCUT2D eigenvalue weighted by Crippen LogP contribution is -2.36. The Balaban J connectivity index is 0.00000480. The lowest BCUT2D eigenvalue weighted by atomic mass is 10.1. The van der Waals surface area contributed by atoms with Crippen molar-refractivity contribution in [3.8, 4) is 5.75 Å². The summed E-state index contributed by atoms with van der Waals surface area (Å²) < 4.78 is 11.0. The van der Waals surface area contributed by atoms with Gasteiger partial charge in [-0.05, 0) is 36.2 Å². The molecule has 0 heterocycles. The van der Waals surface area contributed by atoms with Gasteiger partial charge >= 0.3 is 0 Å². The second-order valence-electron chi connectivity index (χ2n) is 6.97. The molecule has 0 saturated carbocycles. The summed E-state index contributed by atoms with van der Waals surface area (Å²) in [5, 5.41) is 9.42. The van der Waals surface area contributed by atoms with Gasteiger partial charge in [0.15, 0.2) is 5.96 Å². The van der Waals surface area contributed by atoms with Crippen molar-refractivity contribution >= 4 is 41.5 Å². The standard InChI is InChI=1S/C23H32N4O3.HI/c1-17-9-10-20(22(13-17)30-12-6-11-29-4)16-26-23(24-3)25-15-19-7-5-8-21(14-19)27-18(2)28;/h5,7-10,13-14H,6,11-12,15-16H2,1-4H3,(H,27,28)(H2,24,25,26);1H. The maximum Gasteiger partial charge on any atom is 0.221 e. The number of guanidine groups is 1. The van der Waals surface area contributed by atoms with Crippen LogP contribution in [0, 0.1) is 6.92 Å². The van der Waals surface area contributed by atoms with Crippen molar-refractivity contribution in [2.24, 2.45) is 4.99 Å². The molecule has 0 aromatic heterocycles. The number of carbonyl (C=O) groups excluding carboxylic acids is 1. The lowest BCUT2D eigenvalue weighted by molar-refractivity contribution is -0.114. The molecule has 170 valence electrons. The quantitative estimate of drug-likeness (QED) is 0.185. The first kappa shape index (κ1) is 26.7. The summed E-state index contributed by atoms with van der Waals surface area (Å²) in [5.74, 6) is 1.47. The highest BCUT2D eigenvalue weighted by Gasteiger charge is 2.07. The number of ether oxygens (including phenoxy) is 2. The molecule has 0 bridgehead atoms. The molecule has 0 spiro atoms. The van der Waals surface area contributed by atoms with Gasteiger partial charge in [0, 0.05) is 58.4 Å². The maximum atomic E-state index is 11.2. The minimum atomic E-state index is -0.0871. The van der Waals surface area contributed by atoms with Crippen LogP contribution in [-0.4, -0.2) is 39.2 Å². The van der Waals surface area contributed by atoms with E-state index in [1.165, 1.54) is 6.92 Å². The van der Waals surface area contributed by atoms with Crippen LogP contribution in [0.25, 0.3) is 0 Å². The molecule has 0 unspecified atom stereocenters. The number of aliphatic imine (C=N–C) groups is 1. The molecule has 3 N–H and O–H groups in total. The highest BCUT2D eigenvalue weighted by molar-refractivity contribution is 14.0. The van der Waals surface area contributed by atoms with Gasteiger partial charge in [-0.25, -0.2) is 0 Å². The van der Waals surface area contributed by atoms with Crippen molar-refractivity contribution in [1.82, 2.24) is 10.6 Å². The van der Waals surface area contributed by atoms with Gasteiger partial charge in [0.25, 0.3) is 0 Å². The summed E-state index contributed by atoms with van der Waals surface area (Å²) in [6, 6.07) is 13.9. The van der Waals surface area contributed by atoms with E-state index in [9.17, 15) is 4.79 Å². The van der Waals surface area contributed by atoms with E-state index in [-0.39, 0.29) is 29.9 Å². The number of hydrogen-bond acceptors (Lipinski definition) is 4. The lowest BCUT2D eigenvalue weighted by Gasteiger charge is -2.16. The van der Waals surface area contributed by atoms with Crippen molar-refractivity contribution < 1.29 is 14.3 Å². The molecule has 0 aliphatic heterocycles. The fourth-order valence-corrected chi connectivity index (χ4v) is 2.88. The maximum absolute atomic E-state index is 11.2. The zero-order valence-electron chi connectivity index (χ0n) is 18.7. The second-order valence-corrected chi connectivity index (χ2v) is 6.97. The van der Waals surface area contributed by atoms with Gasteiger partial charge < -0.3 is 25.4 Å². The normalized spacial score (nSPS) is 10.8. The monoisotopic (exact) mass is 540 g/mol. The molecule has 0 aliphatic rings. The first-order valence-electron chi connectivity index (χ1n) is 10.0. The zero-order chi connectivity index (χ0) is 21.8. The Labute approximate surface area is 202 Å². The van der Waals surface area contributed by atoms with Gasteiger partial charge in [0.05, 0.1) is 6.61 Å². The van der Waals surface area contributed by atoms with Crippen molar-refractivity contribution in [3.05, 3.63) is 59.2 Å². The Morgan fingerprint density at radius 3 is 2.55 bits per heavy atom. The molecule has 31 heavy (non-hydrogen) atoms. The van der Waals surface area contributed by atoms with E-state index in [1.807, 2.05) is 30.3 Å². The molecule has 0 atom stereocenters. The average Bonchev–Trinajstić information content (AvgIpc) is 2.72. The van der Waals surface area contributed by atoms with Crippen LogP contribution < -0.4 is 20.7 Å². The number of hydrogen-bond donors (Lipinski definition) is 3. The van der Waals surface area contributed by atoms with E-state index in [4.69, 9.17) is 9.47 Å². The minimum Gasteiger partial charge on any atom is -0.493 e. The third-order valence-corrected chi connectivity index (χ3v) is 4.35. The van der Waals surface area contributed by atoms with E-state index in [2.05, 4.69) is 40.0 Å². The molecule has 8 heteroatoms. The molecule has 2 aromatic rings. The molecular weight excluding hydrogens is 507 g/mol. The van der Waals surface area contributed by atoms with Crippen molar-refractivity contribution in [1.29, 1.82) is 0 Å². The molecule has 1 amide bonds. The van der Waals surface area contributed by atoms with Gasteiger partial charge in [0.2, 0.25) is 5.91 Å². The minimum absolute atomic E-state index is 0. The first-order valence-corrected chi connectivity index (χ1v) is 10.0. The van der Waals surface area contributed by atoms with Crippen LogP contribution in [0.3, 0.4) is 0 Å². The zero-order valence-corrected chi connectivity index (χ0v) is 21.0. The number of amides is 1. The highest BCUT2D eigenvalue weighted by Crippen LogP contribution is 2.20. The summed E-state index contributed by atoms with van der Waals surface area (Å²) in [7, 11) is 3.43. The van der Waals surface area contributed by atoms with Gasteiger partial charge in [-0.3, -0.25) is 9.79 Å². The number of carbonyl (C=O) groups is 1. The average molecular weight is 540 g/mol. The van der Waals surface area contributed by atoms with E-state index < -0.39 is 0 Å². The Kier molecular flexibility index (Phi) is 12.6. The molecule has 0 radical (unpaired) electrons. The molecule has 0 saturated heterocycles. The molecule has 7 nitrogen and oxygen atoms in total. The fourth-order valence-electron chi connectivity index (χ4n) is 2.88.